The van der Waals surface area contributed by atoms with Crippen molar-refractivity contribution >= 4 is 16.0 Å². The van der Waals surface area contributed by atoms with Gasteiger partial charge < -0.3 is 14.2 Å². The van der Waals surface area contributed by atoms with Crippen LogP contribution in [-0.2, 0) is 19.6 Å². The van der Waals surface area contributed by atoms with Crippen molar-refractivity contribution in [3.05, 3.63) is 18.2 Å². The Morgan fingerprint density at radius 3 is 2.25 bits per heavy atom. The van der Waals surface area contributed by atoms with Crippen LogP contribution < -0.4 is 14.2 Å². The Morgan fingerprint density at radius 2 is 1.75 bits per heavy atom. The number of hydrogen-bond acceptors (Lipinski definition) is 6. The van der Waals surface area contributed by atoms with Gasteiger partial charge in [-0.25, -0.2) is 8.42 Å². The number of ether oxygens (including phenoxy) is 3. The Hall–Kier alpha value is -1.80. The summed E-state index contributed by atoms with van der Waals surface area (Å²) in [5.41, 5.74) is 0. The highest BCUT2D eigenvalue weighted by molar-refractivity contribution is 7.89. The van der Waals surface area contributed by atoms with Crippen LogP contribution in [0.5, 0.6) is 11.5 Å². The van der Waals surface area contributed by atoms with Crippen molar-refractivity contribution in [2.45, 2.75) is 17.9 Å². The number of rotatable bonds is 6. The topological polar surface area (TPSA) is 90.9 Å². The lowest BCUT2D eigenvalue weighted by molar-refractivity contribution is -0.142. The van der Waals surface area contributed by atoms with Crippen molar-refractivity contribution in [1.29, 1.82) is 0 Å². The fourth-order valence-corrected chi connectivity index (χ4v) is 2.72. The number of methoxy groups -OCH3 is 3. The molecule has 0 aliphatic heterocycles. The van der Waals surface area contributed by atoms with Crippen molar-refractivity contribution in [2.24, 2.45) is 0 Å². The summed E-state index contributed by atoms with van der Waals surface area (Å²) in [5.74, 6) is 0.0163. The van der Waals surface area contributed by atoms with E-state index in [9.17, 15) is 13.2 Å². The van der Waals surface area contributed by atoms with Crippen LogP contribution in [-0.4, -0.2) is 41.8 Å². The van der Waals surface area contributed by atoms with E-state index in [-0.39, 0.29) is 10.6 Å². The average molecular weight is 303 g/mol. The van der Waals surface area contributed by atoms with E-state index in [1.807, 2.05) is 0 Å². The third-order valence-electron chi connectivity index (χ3n) is 2.55. The Bertz CT molecular complexity index is 584. The highest BCUT2D eigenvalue weighted by atomic mass is 32.2. The van der Waals surface area contributed by atoms with Crippen molar-refractivity contribution in [2.75, 3.05) is 21.3 Å². The lowest BCUT2D eigenvalue weighted by Gasteiger charge is -2.13. The lowest BCUT2D eigenvalue weighted by atomic mass is 10.3. The molecule has 1 aromatic carbocycles. The van der Waals surface area contributed by atoms with Crippen molar-refractivity contribution in [3.63, 3.8) is 0 Å². The van der Waals surface area contributed by atoms with Gasteiger partial charge in [0.25, 0.3) is 0 Å². The van der Waals surface area contributed by atoms with Crippen LogP contribution in [0.3, 0.4) is 0 Å². The molecule has 0 amide bonds. The summed E-state index contributed by atoms with van der Waals surface area (Å²) in [7, 11) is 0.175. The zero-order valence-electron chi connectivity index (χ0n) is 11.7. The van der Waals surface area contributed by atoms with Gasteiger partial charge in [0.15, 0.2) is 11.5 Å². The van der Waals surface area contributed by atoms with Crippen LogP contribution in [0.15, 0.2) is 23.1 Å². The number of nitrogens with one attached hydrogen (secondary N) is 1. The van der Waals surface area contributed by atoms with Gasteiger partial charge in [0.05, 0.1) is 26.2 Å². The molecule has 1 aromatic rings. The smallest absolute Gasteiger partial charge is 0.323 e. The average Bonchev–Trinajstić information content (AvgIpc) is 2.44. The highest BCUT2D eigenvalue weighted by Crippen LogP contribution is 2.29. The van der Waals surface area contributed by atoms with Gasteiger partial charge >= 0.3 is 5.97 Å². The molecule has 0 bridgehead atoms. The lowest BCUT2D eigenvalue weighted by Crippen LogP contribution is -2.39. The number of benzene rings is 1. The summed E-state index contributed by atoms with van der Waals surface area (Å²) >= 11 is 0. The van der Waals surface area contributed by atoms with Crippen LogP contribution >= 0.6 is 0 Å². The monoisotopic (exact) mass is 303 g/mol. The molecular formula is C12H17NO6S. The summed E-state index contributed by atoms with van der Waals surface area (Å²) in [6, 6.07) is 3.15. The first kappa shape index (κ1) is 16.3. The molecule has 8 heteroatoms. The molecule has 0 aromatic heterocycles. The van der Waals surface area contributed by atoms with Gasteiger partial charge in [-0.1, -0.05) is 0 Å². The molecule has 112 valence electrons. The molecule has 1 rings (SSSR count). The van der Waals surface area contributed by atoms with E-state index in [4.69, 9.17) is 9.47 Å². The fourth-order valence-electron chi connectivity index (χ4n) is 1.51. The molecule has 0 aliphatic rings. The van der Waals surface area contributed by atoms with Crippen molar-refractivity contribution < 1.29 is 27.4 Å². The normalized spacial score (nSPS) is 12.6. The second kappa shape index (κ2) is 6.58. The number of sulfonamides is 1. The summed E-state index contributed by atoms with van der Waals surface area (Å²) in [4.78, 5) is 11.2. The molecule has 0 fully saturated rings. The summed E-state index contributed by atoms with van der Waals surface area (Å²) in [6.07, 6.45) is 0. The first-order valence-corrected chi connectivity index (χ1v) is 7.16. The van der Waals surface area contributed by atoms with Gasteiger partial charge in [0.1, 0.15) is 6.04 Å². The molecule has 0 saturated carbocycles. The Balaban J connectivity index is 3.07. The quantitative estimate of drug-likeness (QED) is 0.771. The predicted molar refractivity (Wildman–Crippen MR) is 71.3 cm³/mol. The van der Waals surface area contributed by atoms with Crippen LogP contribution in [0.25, 0.3) is 0 Å². The molecule has 0 aliphatic carbocycles. The fraction of sp³-hybridized carbons (Fsp3) is 0.417. The standard InChI is InChI=1S/C12H17NO6S/c1-8(12(14)19-4)13-20(15,16)9-5-6-10(17-2)11(7-9)18-3/h5-8,13H,1-4H3. The van der Waals surface area contributed by atoms with Gasteiger partial charge in [-0.3, -0.25) is 4.79 Å². The van der Waals surface area contributed by atoms with E-state index in [1.54, 1.807) is 0 Å². The second-order valence-corrected chi connectivity index (χ2v) is 5.60. The van der Waals surface area contributed by atoms with Crippen LogP contribution in [0.2, 0.25) is 0 Å². The van der Waals surface area contributed by atoms with Gasteiger partial charge in [-0.15, -0.1) is 0 Å². The minimum absolute atomic E-state index is 0.0362. The molecule has 1 N–H and O–H groups in total. The first-order chi connectivity index (χ1) is 9.35. The van der Waals surface area contributed by atoms with Gasteiger partial charge in [-0.2, -0.15) is 4.72 Å². The summed E-state index contributed by atoms with van der Waals surface area (Å²) in [5, 5.41) is 0. The Labute approximate surface area is 117 Å². The SMILES string of the molecule is COC(=O)C(C)NS(=O)(=O)c1ccc(OC)c(OC)c1. The summed E-state index contributed by atoms with van der Waals surface area (Å²) < 4.78 is 41.0. The molecule has 0 radical (unpaired) electrons. The van der Waals surface area contributed by atoms with Gasteiger partial charge in [0.2, 0.25) is 10.0 Å². The zero-order valence-corrected chi connectivity index (χ0v) is 12.5. The highest BCUT2D eigenvalue weighted by Gasteiger charge is 2.23. The van der Waals surface area contributed by atoms with Crippen molar-refractivity contribution in [3.8, 4) is 11.5 Å². The third-order valence-corrected chi connectivity index (χ3v) is 4.09. The molecular weight excluding hydrogens is 286 g/mol. The van der Waals surface area contributed by atoms with Crippen LogP contribution in [0.1, 0.15) is 6.92 Å². The number of carbonyl (C=O) groups excluding carboxylic acids is 1. The predicted octanol–water partition coefficient (Wildman–Crippen LogP) is 0.544. The number of hydrogen-bond donors (Lipinski definition) is 1. The van der Waals surface area contributed by atoms with E-state index in [0.717, 1.165) is 0 Å². The number of esters is 1. The number of carbonyl (C=O) groups is 1. The molecule has 7 nitrogen and oxygen atoms in total. The minimum atomic E-state index is -3.86. The van der Waals surface area contributed by atoms with E-state index in [0.29, 0.717) is 5.75 Å². The summed E-state index contributed by atoms with van der Waals surface area (Å²) in [6.45, 7) is 1.39. The minimum Gasteiger partial charge on any atom is -0.493 e. The van der Waals surface area contributed by atoms with E-state index < -0.39 is 22.0 Å². The van der Waals surface area contributed by atoms with Gasteiger partial charge in [-0.05, 0) is 19.1 Å². The van der Waals surface area contributed by atoms with E-state index in [2.05, 4.69) is 9.46 Å². The molecule has 0 saturated heterocycles. The maximum absolute atomic E-state index is 12.1. The molecule has 0 spiro atoms. The third kappa shape index (κ3) is 3.61. The molecule has 0 heterocycles. The van der Waals surface area contributed by atoms with Crippen LogP contribution in [0, 0.1) is 0 Å². The van der Waals surface area contributed by atoms with E-state index in [1.165, 1.54) is 46.5 Å². The molecule has 20 heavy (non-hydrogen) atoms. The maximum atomic E-state index is 12.1. The molecule has 1 atom stereocenters. The van der Waals surface area contributed by atoms with Crippen molar-refractivity contribution in [1.82, 2.24) is 4.72 Å². The second-order valence-electron chi connectivity index (χ2n) is 3.88. The zero-order chi connectivity index (χ0) is 15.3. The Kier molecular flexibility index (Phi) is 5.34. The van der Waals surface area contributed by atoms with E-state index >= 15 is 0 Å². The van der Waals surface area contributed by atoms with Crippen LogP contribution in [0.4, 0.5) is 0 Å². The molecule has 1 unspecified atom stereocenters. The Morgan fingerprint density at radius 1 is 1.15 bits per heavy atom. The largest absolute Gasteiger partial charge is 0.493 e. The maximum Gasteiger partial charge on any atom is 0.323 e. The van der Waals surface area contributed by atoms with Gasteiger partial charge in [0, 0.05) is 6.07 Å². The first-order valence-electron chi connectivity index (χ1n) is 5.68.